The molecule has 10 heteroatoms. The van der Waals surface area contributed by atoms with E-state index in [4.69, 9.17) is 14.2 Å². The number of benzene rings is 1. The molecule has 1 aromatic rings. The van der Waals surface area contributed by atoms with Gasteiger partial charge in [0.1, 0.15) is 23.9 Å². The van der Waals surface area contributed by atoms with E-state index in [1.54, 1.807) is 39.0 Å². The number of aliphatic hydroxyl groups is 4. The maximum atomic E-state index is 14.2. The minimum atomic E-state index is -2.08. The van der Waals surface area contributed by atoms with Gasteiger partial charge in [-0.15, -0.1) is 0 Å². The summed E-state index contributed by atoms with van der Waals surface area (Å²) in [7, 11) is 1.36. The molecule has 10 nitrogen and oxygen atoms in total. The van der Waals surface area contributed by atoms with Crippen LogP contribution in [0.2, 0.25) is 0 Å². The number of Topliss-reactive ketones (excluding diaryl/α,β-unsaturated/α-hetero) is 1. The number of fused-ring (bicyclic) bond motifs is 3. The highest BCUT2D eigenvalue weighted by Gasteiger charge is 2.71. The van der Waals surface area contributed by atoms with Crippen molar-refractivity contribution in [2.75, 3.05) is 7.11 Å². The number of hydrogen-bond acceptors (Lipinski definition) is 10. The van der Waals surface area contributed by atoms with Crippen molar-refractivity contribution in [1.82, 2.24) is 0 Å². The number of rotatable bonds is 4. The van der Waals surface area contributed by atoms with Crippen LogP contribution in [0.1, 0.15) is 57.8 Å². The van der Waals surface area contributed by atoms with Crippen LogP contribution in [0.15, 0.2) is 41.5 Å². The lowest BCUT2D eigenvalue weighted by Gasteiger charge is -2.62. The van der Waals surface area contributed by atoms with Crippen molar-refractivity contribution < 1.29 is 49.0 Å². The van der Waals surface area contributed by atoms with Gasteiger partial charge in [-0.3, -0.25) is 9.59 Å². The lowest BCUT2D eigenvalue weighted by molar-refractivity contribution is -0.255. The van der Waals surface area contributed by atoms with Crippen LogP contribution in [-0.4, -0.2) is 87.5 Å². The van der Waals surface area contributed by atoms with E-state index in [0.29, 0.717) is 5.57 Å². The molecule has 0 aliphatic heterocycles. The summed E-state index contributed by atoms with van der Waals surface area (Å²) in [4.78, 5) is 40.0. The highest BCUT2D eigenvalue weighted by Crippen LogP contribution is 2.60. The first-order valence-corrected chi connectivity index (χ1v) is 13.1. The lowest BCUT2D eigenvalue weighted by atomic mass is 9.47. The van der Waals surface area contributed by atoms with Gasteiger partial charge in [0, 0.05) is 32.3 Å². The molecule has 3 aliphatic carbocycles. The quantitative estimate of drug-likeness (QED) is 0.320. The van der Waals surface area contributed by atoms with Gasteiger partial charge in [0.2, 0.25) is 0 Å². The van der Waals surface area contributed by atoms with Crippen molar-refractivity contribution in [3.63, 3.8) is 0 Å². The van der Waals surface area contributed by atoms with Gasteiger partial charge in [0.15, 0.2) is 5.78 Å². The van der Waals surface area contributed by atoms with Gasteiger partial charge in [0.25, 0.3) is 0 Å². The molecule has 4 rings (SSSR count). The van der Waals surface area contributed by atoms with E-state index in [-0.39, 0.29) is 24.0 Å². The molecular formula is C29H38O10. The van der Waals surface area contributed by atoms with Crippen molar-refractivity contribution in [2.45, 2.75) is 89.7 Å². The van der Waals surface area contributed by atoms with E-state index in [1.165, 1.54) is 33.1 Å². The molecule has 2 bridgehead atoms. The maximum Gasteiger partial charge on any atom is 0.338 e. The van der Waals surface area contributed by atoms with E-state index in [1.807, 2.05) is 0 Å². The number of carbonyl (C=O) groups is 3. The molecule has 0 heterocycles. The Labute approximate surface area is 227 Å². The third-order valence-corrected chi connectivity index (χ3v) is 9.44. The second kappa shape index (κ2) is 10.1. The first kappa shape index (κ1) is 29.4. The minimum Gasteiger partial charge on any atom is -0.459 e. The third-order valence-electron chi connectivity index (χ3n) is 9.44. The minimum absolute atomic E-state index is 0.0966. The standard InChI is InChI=1S/C29H38O10/c1-14-17(31)13-29(36)25(39-26(35)16-10-8-7-9-11-16)21-23(38-15(2)30)18(37-6)12-19(32)28(21,5)24(34)22(33)20(14)27(29,3)4/h7-11,17-19,21-23,25,31-33,36H,12-13H2,1-6H3/t17-,18+,19-,21-,22+,23-,25-,28+,29+/m0/s1. The Morgan fingerprint density at radius 2 is 1.64 bits per heavy atom. The number of ether oxygens (including phenoxy) is 3. The summed E-state index contributed by atoms with van der Waals surface area (Å²) < 4.78 is 17.3. The van der Waals surface area contributed by atoms with Gasteiger partial charge < -0.3 is 34.6 Å². The van der Waals surface area contributed by atoms with Crippen LogP contribution < -0.4 is 0 Å². The molecule has 0 saturated heterocycles. The molecule has 0 spiro atoms. The zero-order valence-corrected chi connectivity index (χ0v) is 23.1. The van der Waals surface area contributed by atoms with Crippen LogP contribution in [0, 0.1) is 16.7 Å². The molecule has 0 radical (unpaired) electrons. The highest BCUT2D eigenvalue weighted by molar-refractivity contribution is 5.93. The molecule has 0 aromatic heterocycles. The monoisotopic (exact) mass is 546 g/mol. The summed E-state index contributed by atoms with van der Waals surface area (Å²) in [5.74, 6) is -3.69. The molecule has 214 valence electrons. The van der Waals surface area contributed by atoms with E-state index in [0.717, 1.165) is 0 Å². The second-order valence-corrected chi connectivity index (χ2v) is 11.7. The average Bonchev–Trinajstić information content (AvgIpc) is 2.87. The van der Waals surface area contributed by atoms with Gasteiger partial charge in [-0.05, 0) is 37.1 Å². The molecule has 3 aliphatic rings. The van der Waals surface area contributed by atoms with Crippen molar-refractivity contribution in [3.8, 4) is 0 Å². The van der Waals surface area contributed by atoms with E-state index in [9.17, 15) is 34.8 Å². The van der Waals surface area contributed by atoms with Crippen molar-refractivity contribution in [3.05, 3.63) is 47.0 Å². The predicted octanol–water partition coefficient (Wildman–Crippen LogP) is 1.33. The van der Waals surface area contributed by atoms with E-state index in [2.05, 4.69) is 0 Å². The van der Waals surface area contributed by atoms with Gasteiger partial charge in [0.05, 0.1) is 35.2 Å². The smallest absolute Gasteiger partial charge is 0.338 e. The fraction of sp³-hybridized carbons (Fsp3) is 0.621. The number of hydrogen-bond donors (Lipinski definition) is 4. The van der Waals surface area contributed by atoms with Crippen LogP contribution >= 0.6 is 0 Å². The highest BCUT2D eigenvalue weighted by atomic mass is 16.6. The normalized spacial score (nSPS) is 39.7. The number of methoxy groups -OCH3 is 1. The molecule has 39 heavy (non-hydrogen) atoms. The molecule has 9 atom stereocenters. The zero-order valence-electron chi connectivity index (χ0n) is 23.1. The van der Waals surface area contributed by atoms with E-state index >= 15 is 0 Å². The summed E-state index contributed by atoms with van der Waals surface area (Å²) in [6.45, 7) is 7.38. The Bertz CT molecular complexity index is 1180. The van der Waals surface area contributed by atoms with Gasteiger partial charge >= 0.3 is 11.9 Å². The molecule has 0 unspecified atom stereocenters. The predicted molar refractivity (Wildman–Crippen MR) is 137 cm³/mol. The summed E-state index contributed by atoms with van der Waals surface area (Å²) in [6, 6.07) is 8.04. The number of ketones is 1. The van der Waals surface area contributed by atoms with Gasteiger partial charge in [-0.25, -0.2) is 4.79 Å². The average molecular weight is 547 g/mol. The van der Waals surface area contributed by atoms with Crippen molar-refractivity contribution in [2.24, 2.45) is 16.7 Å². The third kappa shape index (κ3) is 4.33. The number of carbonyl (C=O) groups excluding carboxylic acids is 3. The molecular weight excluding hydrogens is 508 g/mol. The van der Waals surface area contributed by atoms with Crippen LogP contribution in [0.5, 0.6) is 0 Å². The van der Waals surface area contributed by atoms with Crippen LogP contribution in [0.3, 0.4) is 0 Å². The molecule has 2 saturated carbocycles. The maximum absolute atomic E-state index is 14.2. The fourth-order valence-electron chi connectivity index (χ4n) is 7.07. The van der Waals surface area contributed by atoms with Crippen molar-refractivity contribution >= 4 is 17.7 Å². The van der Waals surface area contributed by atoms with Gasteiger partial charge in [-0.1, -0.05) is 32.0 Å². The largest absolute Gasteiger partial charge is 0.459 e. The molecule has 0 amide bonds. The Balaban J connectivity index is 2.04. The Morgan fingerprint density at radius 1 is 1.03 bits per heavy atom. The summed E-state index contributed by atoms with van der Waals surface area (Å²) in [5, 5.41) is 46.6. The van der Waals surface area contributed by atoms with E-state index < -0.39 is 76.7 Å². The zero-order chi connectivity index (χ0) is 29.1. The van der Waals surface area contributed by atoms with Crippen LogP contribution in [0.25, 0.3) is 0 Å². The first-order chi connectivity index (χ1) is 18.1. The summed E-state index contributed by atoms with van der Waals surface area (Å²) in [5.41, 5.74) is -4.75. The molecule has 1 aromatic carbocycles. The lowest BCUT2D eigenvalue weighted by Crippen LogP contribution is -2.74. The van der Waals surface area contributed by atoms with Gasteiger partial charge in [-0.2, -0.15) is 0 Å². The first-order valence-electron chi connectivity index (χ1n) is 13.1. The molecule has 2 fully saturated rings. The Kier molecular flexibility index (Phi) is 7.59. The topological polar surface area (TPSA) is 160 Å². The Hall–Kier alpha value is -2.63. The summed E-state index contributed by atoms with van der Waals surface area (Å²) in [6.07, 6.45) is -8.70. The number of esters is 2. The molecule has 4 N–H and O–H groups in total. The van der Waals surface area contributed by atoms with Crippen molar-refractivity contribution in [1.29, 1.82) is 0 Å². The number of aliphatic hydroxyl groups excluding tert-OH is 3. The van der Waals surface area contributed by atoms with Crippen LogP contribution in [-0.2, 0) is 23.8 Å². The Morgan fingerprint density at radius 3 is 2.21 bits per heavy atom. The fourth-order valence-corrected chi connectivity index (χ4v) is 7.07. The van der Waals surface area contributed by atoms with Crippen LogP contribution in [0.4, 0.5) is 0 Å². The second-order valence-electron chi connectivity index (χ2n) is 11.7. The summed E-state index contributed by atoms with van der Waals surface area (Å²) >= 11 is 0. The SMILES string of the molecule is CO[C@@H]1C[C@H](O)[C@@]2(C)C(=O)[C@H](O)C3=C(C)[C@@H](O)C[C@@](O)([C@@H](OC(=O)c4ccccc4)[C@@H]2[C@H]1OC(C)=O)C3(C)C.